The number of carbonyl (C=O) groups excluding carboxylic acids is 2. The molecule has 3 rings (SSSR count). The van der Waals surface area contributed by atoms with Gasteiger partial charge in [-0.2, -0.15) is 0 Å². The van der Waals surface area contributed by atoms with E-state index in [-0.39, 0.29) is 5.91 Å². The van der Waals surface area contributed by atoms with Crippen LogP contribution in [0.5, 0.6) is 11.5 Å². The largest absolute Gasteiger partial charge is 0.497 e. The normalized spacial score (nSPS) is 13.9. The lowest BCUT2D eigenvalue weighted by molar-refractivity contribution is -0.118. The van der Waals surface area contributed by atoms with Crippen LogP contribution in [-0.4, -0.2) is 67.8 Å². The Labute approximate surface area is 156 Å². The van der Waals surface area contributed by atoms with E-state index in [1.54, 1.807) is 35.2 Å². The first-order valence-corrected chi connectivity index (χ1v) is 8.45. The molecule has 1 aliphatic rings. The molecule has 2 amide bonds. The third kappa shape index (κ3) is 4.43. The molecule has 0 spiro atoms. The van der Waals surface area contributed by atoms with Gasteiger partial charge in [0.25, 0.3) is 5.91 Å². The summed E-state index contributed by atoms with van der Waals surface area (Å²) in [7, 11) is 3.05. The summed E-state index contributed by atoms with van der Waals surface area (Å²) in [4.78, 5) is 27.0. The Morgan fingerprint density at radius 3 is 2.22 bits per heavy atom. The van der Waals surface area contributed by atoms with E-state index in [1.807, 2.05) is 4.90 Å². The zero-order chi connectivity index (χ0) is 19.2. The van der Waals surface area contributed by atoms with Crippen LogP contribution in [0.1, 0.15) is 10.4 Å². The summed E-state index contributed by atoms with van der Waals surface area (Å²) >= 11 is 0. The predicted octanol–water partition coefficient (Wildman–Crippen LogP) is 1.02. The lowest BCUT2D eigenvalue weighted by atomic mass is 10.2. The van der Waals surface area contributed by atoms with E-state index in [9.17, 15) is 9.59 Å². The number of methoxy groups -OCH3 is 2. The maximum Gasteiger partial charge on any atom is 0.257 e. The predicted molar refractivity (Wildman–Crippen MR) is 99.4 cm³/mol. The van der Waals surface area contributed by atoms with Crippen molar-refractivity contribution < 1.29 is 19.1 Å². The maximum atomic E-state index is 12.5. The molecule has 2 aromatic rings. The summed E-state index contributed by atoms with van der Waals surface area (Å²) in [5.41, 5.74) is 0.391. The van der Waals surface area contributed by atoms with E-state index >= 15 is 0 Å². The lowest BCUT2D eigenvalue weighted by Gasteiger charge is -2.32. The first kappa shape index (κ1) is 18.4. The molecule has 0 saturated carbocycles. The number of hydrogen-bond donors (Lipinski definition) is 1. The average Bonchev–Trinajstić information content (AvgIpc) is 2.74. The molecule has 0 bridgehead atoms. The van der Waals surface area contributed by atoms with Gasteiger partial charge in [0, 0.05) is 37.8 Å². The maximum absolute atomic E-state index is 12.5. The molecule has 1 saturated heterocycles. The molecule has 0 atom stereocenters. The van der Waals surface area contributed by atoms with Gasteiger partial charge < -0.3 is 24.6 Å². The summed E-state index contributed by atoms with van der Waals surface area (Å²) in [5, 5.41) is 11.0. The van der Waals surface area contributed by atoms with Crippen LogP contribution >= 0.6 is 0 Å². The Morgan fingerprint density at radius 1 is 1.04 bits per heavy atom. The Bertz CT molecular complexity index is 782. The number of nitrogens with one attached hydrogen (secondary N) is 1. The number of benzene rings is 1. The minimum atomic E-state index is -0.339. The van der Waals surface area contributed by atoms with Gasteiger partial charge in [-0.15, -0.1) is 10.2 Å². The van der Waals surface area contributed by atoms with Gasteiger partial charge in [-0.25, -0.2) is 0 Å². The molecule has 9 heteroatoms. The fourth-order valence-electron chi connectivity index (χ4n) is 2.74. The van der Waals surface area contributed by atoms with Crippen LogP contribution in [0.15, 0.2) is 30.3 Å². The first-order chi connectivity index (χ1) is 13.1. The third-order valence-electron chi connectivity index (χ3n) is 4.29. The lowest BCUT2D eigenvalue weighted by Crippen LogP contribution is -2.46. The van der Waals surface area contributed by atoms with Crippen molar-refractivity contribution in [1.82, 2.24) is 15.1 Å². The Morgan fingerprint density at radius 2 is 1.70 bits per heavy atom. The van der Waals surface area contributed by atoms with E-state index in [2.05, 4.69) is 15.5 Å². The molecule has 9 nitrogen and oxygen atoms in total. The van der Waals surface area contributed by atoms with Gasteiger partial charge in [0.15, 0.2) is 11.6 Å². The highest BCUT2D eigenvalue weighted by Gasteiger charge is 2.17. The van der Waals surface area contributed by atoms with Crippen molar-refractivity contribution in [2.24, 2.45) is 0 Å². The molecule has 0 aliphatic carbocycles. The summed E-state index contributed by atoms with van der Waals surface area (Å²) in [6, 6.07) is 8.42. The van der Waals surface area contributed by atoms with Crippen LogP contribution in [0.2, 0.25) is 0 Å². The first-order valence-electron chi connectivity index (χ1n) is 8.45. The second-order valence-corrected chi connectivity index (χ2v) is 5.96. The highest BCUT2D eigenvalue weighted by Crippen LogP contribution is 2.23. The number of nitrogens with zero attached hydrogens (tertiary/aromatic N) is 4. The molecular weight excluding hydrogens is 350 g/mol. The highest BCUT2D eigenvalue weighted by molar-refractivity contribution is 6.04. The van der Waals surface area contributed by atoms with Crippen LogP contribution in [0, 0.1) is 0 Å². The van der Waals surface area contributed by atoms with Gasteiger partial charge >= 0.3 is 0 Å². The number of piperazine rings is 1. The van der Waals surface area contributed by atoms with Crippen molar-refractivity contribution in [1.29, 1.82) is 0 Å². The molecule has 1 fully saturated rings. The van der Waals surface area contributed by atoms with Gasteiger partial charge in [-0.05, 0) is 24.3 Å². The second kappa shape index (κ2) is 8.35. The quantitative estimate of drug-likeness (QED) is 0.757. The SMILES string of the molecule is COc1cc(OC)cc(C(=O)Nc2ccc(N3CCN(C=O)CC3)nn2)c1. The zero-order valence-electron chi connectivity index (χ0n) is 15.2. The monoisotopic (exact) mass is 371 g/mol. The number of aromatic nitrogens is 2. The van der Waals surface area contributed by atoms with E-state index in [1.165, 1.54) is 14.2 Å². The summed E-state index contributed by atoms with van der Waals surface area (Å²) in [5.74, 6) is 1.76. The smallest absolute Gasteiger partial charge is 0.257 e. The second-order valence-electron chi connectivity index (χ2n) is 5.96. The summed E-state index contributed by atoms with van der Waals surface area (Å²) in [6.07, 6.45) is 0.856. The number of anilines is 2. The van der Waals surface area contributed by atoms with Crippen molar-refractivity contribution in [3.05, 3.63) is 35.9 Å². The topological polar surface area (TPSA) is 96.9 Å². The van der Waals surface area contributed by atoms with Crippen molar-refractivity contribution in [3.8, 4) is 11.5 Å². The Balaban J connectivity index is 1.66. The van der Waals surface area contributed by atoms with Gasteiger partial charge in [0.05, 0.1) is 14.2 Å². The molecular formula is C18H21N5O4. The average molecular weight is 371 g/mol. The number of ether oxygens (including phenoxy) is 2. The van der Waals surface area contributed by atoms with Crippen molar-refractivity contribution in [2.75, 3.05) is 50.6 Å². The molecule has 1 aromatic heterocycles. The molecule has 2 heterocycles. The number of hydrogen-bond acceptors (Lipinski definition) is 7. The minimum Gasteiger partial charge on any atom is -0.497 e. The van der Waals surface area contributed by atoms with Gasteiger partial charge in [0.2, 0.25) is 6.41 Å². The third-order valence-corrected chi connectivity index (χ3v) is 4.29. The van der Waals surface area contributed by atoms with E-state index in [0.29, 0.717) is 54.9 Å². The standard InChI is InChI=1S/C18H21N5O4/c1-26-14-9-13(10-15(11-14)27-2)18(25)19-16-3-4-17(21-20-16)23-7-5-22(12-24)6-8-23/h3-4,9-12H,5-8H2,1-2H3,(H,19,20,25). The van der Waals surface area contributed by atoms with Crippen LogP contribution < -0.4 is 19.7 Å². The van der Waals surface area contributed by atoms with E-state index in [4.69, 9.17) is 9.47 Å². The molecule has 27 heavy (non-hydrogen) atoms. The minimum absolute atomic E-state index is 0.339. The van der Waals surface area contributed by atoms with Crippen molar-refractivity contribution >= 4 is 24.0 Å². The van der Waals surface area contributed by atoms with Crippen molar-refractivity contribution in [2.45, 2.75) is 0 Å². The molecule has 1 aromatic carbocycles. The van der Waals surface area contributed by atoms with Crippen LogP contribution in [0.3, 0.4) is 0 Å². The Hall–Kier alpha value is -3.36. The van der Waals surface area contributed by atoms with Crippen LogP contribution in [-0.2, 0) is 4.79 Å². The van der Waals surface area contributed by atoms with Crippen LogP contribution in [0.4, 0.5) is 11.6 Å². The van der Waals surface area contributed by atoms with Gasteiger partial charge in [0.1, 0.15) is 11.5 Å². The molecule has 0 unspecified atom stereocenters. The highest BCUT2D eigenvalue weighted by atomic mass is 16.5. The Kier molecular flexibility index (Phi) is 5.70. The van der Waals surface area contributed by atoms with E-state index < -0.39 is 0 Å². The van der Waals surface area contributed by atoms with Crippen LogP contribution in [0.25, 0.3) is 0 Å². The fourth-order valence-corrected chi connectivity index (χ4v) is 2.74. The van der Waals surface area contributed by atoms with E-state index in [0.717, 1.165) is 6.41 Å². The summed E-state index contributed by atoms with van der Waals surface area (Å²) in [6.45, 7) is 2.70. The molecule has 1 N–H and O–H groups in total. The summed E-state index contributed by atoms with van der Waals surface area (Å²) < 4.78 is 10.4. The number of rotatable bonds is 6. The van der Waals surface area contributed by atoms with Gasteiger partial charge in [-0.1, -0.05) is 0 Å². The fraction of sp³-hybridized carbons (Fsp3) is 0.333. The van der Waals surface area contributed by atoms with Gasteiger partial charge in [-0.3, -0.25) is 9.59 Å². The number of amides is 2. The number of carbonyl (C=O) groups is 2. The molecule has 142 valence electrons. The molecule has 1 aliphatic heterocycles. The van der Waals surface area contributed by atoms with Crippen molar-refractivity contribution in [3.63, 3.8) is 0 Å². The zero-order valence-corrected chi connectivity index (χ0v) is 15.2. The molecule has 0 radical (unpaired) electrons.